The van der Waals surface area contributed by atoms with Gasteiger partial charge in [0, 0.05) is 30.7 Å². The third-order valence-electron chi connectivity index (χ3n) is 7.51. The number of benzene rings is 2. The van der Waals surface area contributed by atoms with E-state index in [-0.39, 0.29) is 24.1 Å². The van der Waals surface area contributed by atoms with Crippen molar-refractivity contribution in [3.8, 4) is 0 Å². The van der Waals surface area contributed by atoms with Gasteiger partial charge in [0.1, 0.15) is 18.2 Å². The normalized spacial score (nSPS) is 22.2. The number of anilines is 1. The lowest BCUT2D eigenvalue weighted by molar-refractivity contribution is -0.112. The number of rotatable bonds is 4. The van der Waals surface area contributed by atoms with E-state index in [1.807, 2.05) is 49.4 Å². The van der Waals surface area contributed by atoms with E-state index in [4.69, 9.17) is 14.8 Å². The summed E-state index contributed by atoms with van der Waals surface area (Å²) in [5.74, 6) is 0.726. The van der Waals surface area contributed by atoms with E-state index < -0.39 is 6.10 Å². The Balaban J connectivity index is 0.00000148. The Morgan fingerprint density at radius 1 is 1.08 bits per heavy atom. The molecule has 8 heteroatoms. The van der Waals surface area contributed by atoms with Crippen molar-refractivity contribution in [3.05, 3.63) is 59.4 Å². The number of fused-ring (bicyclic) bond motifs is 3. The first-order valence-corrected chi connectivity index (χ1v) is 12.6. The molecule has 5 rings (SSSR count). The molecule has 0 spiro atoms. The summed E-state index contributed by atoms with van der Waals surface area (Å²) in [5, 5.41) is 18.4. The molecule has 1 fully saturated rings. The van der Waals surface area contributed by atoms with Crippen LogP contribution in [0.15, 0.2) is 42.5 Å². The van der Waals surface area contributed by atoms with Crippen molar-refractivity contribution in [2.75, 3.05) is 19.1 Å². The molecule has 2 aromatic carbocycles. The number of carbonyl (C=O) groups is 2. The van der Waals surface area contributed by atoms with Crippen LogP contribution in [0.3, 0.4) is 0 Å². The molecular weight excluding hydrogens is 458 g/mol. The summed E-state index contributed by atoms with van der Waals surface area (Å²) in [6.07, 6.45) is 4.86. The highest BCUT2D eigenvalue weighted by molar-refractivity contribution is 5.95. The topological polar surface area (TPSA) is 105 Å². The fourth-order valence-corrected chi connectivity index (χ4v) is 5.65. The number of hydrogen-bond acceptors (Lipinski definition) is 6. The van der Waals surface area contributed by atoms with Gasteiger partial charge >= 0.3 is 6.09 Å². The molecule has 1 aliphatic heterocycles. The Morgan fingerprint density at radius 3 is 2.42 bits per heavy atom. The van der Waals surface area contributed by atoms with E-state index in [0.29, 0.717) is 5.82 Å². The van der Waals surface area contributed by atoms with Gasteiger partial charge in [0.05, 0.1) is 23.8 Å². The molecule has 2 heterocycles. The van der Waals surface area contributed by atoms with Gasteiger partial charge in [0.2, 0.25) is 0 Å². The summed E-state index contributed by atoms with van der Waals surface area (Å²) < 4.78 is 7.25. The predicted molar refractivity (Wildman–Crippen MR) is 138 cm³/mol. The summed E-state index contributed by atoms with van der Waals surface area (Å²) in [7, 11) is 2.40. The van der Waals surface area contributed by atoms with Crippen LogP contribution in [0.5, 0.6) is 0 Å². The minimum Gasteiger partial charge on any atom is -0.452 e. The highest BCUT2D eigenvalue weighted by Gasteiger charge is 2.34. The standard InChI is InChI=1S/C27H31N3O4.CH4O/c1-17-8-13-21-22(29(17)27(33)34-2)14-15-23-24(21)28-26(25(32)19-6-4-3-5-7-19)30(23)20-11-9-18(16-31)10-12-20;1-2/h3-7,14-18,20,25,32H,8-13H2,1-2H3;2H,1H3. The number of aromatic nitrogens is 2. The minimum atomic E-state index is -0.868. The monoisotopic (exact) mass is 493 g/mol. The average Bonchev–Trinajstić information content (AvgIpc) is 3.33. The first-order chi connectivity index (χ1) is 17.5. The molecule has 1 aromatic heterocycles. The maximum Gasteiger partial charge on any atom is 0.414 e. The molecule has 2 N–H and O–H groups in total. The van der Waals surface area contributed by atoms with Crippen LogP contribution in [0, 0.1) is 5.92 Å². The van der Waals surface area contributed by atoms with Crippen LogP contribution in [-0.4, -0.2) is 52.4 Å². The molecule has 1 amide bonds. The quantitative estimate of drug-likeness (QED) is 0.516. The molecule has 0 saturated heterocycles. The van der Waals surface area contributed by atoms with Crippen LogP contribution in [-0.2, 0) is 16.0 Å². The largest absolute Gasteiger partial charge is 0.452 e. The number of aliphatic hydroxyl groups excluding tert-OH is 2. The number of amides is 1. The fraction of sp³-hybridized carbons (Fsp3) is 0.464. The zero-order valence-electron chi connectivity index (χ0n) is 21.1. The van der Waals surface area contributed by atoms with Gasteiger partial charge in [-0.1, -0.05) is 30.3 Å². The Labute approximate surface area is 211 Å². The SMILES string of the molecule is CO.COC(=O)N1c2ccc3c(nc(C(O)c4ccccc4)n3C3CCC(C=O)CC3)c2CCC1C. The van der Waals surface area contributed by atoms with E-state index in [1.54, 1.807) is 4.90 Å². The smallest absolute Gasteiger partial charge is 0.414 e. The molecular formula is C28H35N3O5. The van der Waals surface area contributed by atoms with E-state index in [2.05, 4.69) is 4.57 Å². The third-order valence-corrected chi connectivity index (χ3v) is 7.51. The van der Waals surface area contributed by atoms with Crippen LogP contribution >= 0.6 is 0 Å². The van der Waals surface area contributed by atoms with E-state index in [1.165, 1.54) is 7.11 Å². The molecule has 0 bridgehead atoms. The summed E-state index contributed by atoms with van der Waals surface area (Å²) >= 11 is 0. The Morgan fingerprint density at radius 2 is 1.78 bits per heavy atom. The van der Waals surface area contributed by atoms with Crippen molar-refractivity contribution in [3.63, 3.8) is 0 Å². The predicted octanol–water partition coefficient (Wildman–Crippen LogP) is 4.56. The number of nitrogens with zero attached hydrogens (tertiary/aromatic N) is 3. The molecule has 1 saturated carbocycles. The van der Waals surface area contributed by atoms with Crippen LogP contribution < -0.4 is 4.90 Å². The van der Waals surface area contributed by atoms with Crippen molar-refractivity contribution in [2.45, 2.75) is 63.6 Å². The van der Waals surface area contributed by atoms with E-state index in [9.17, 15) is 14.7 Å². The van der Waals surface area contributed by atoms with Crippen LogP contribution in [0.1, 0.15) is 68.1 Å². The van der Waals surface area contributed by atoms with Gasteiger partial charge in [0.25, 0.3) is 0 Å². The first-order valence-electron chi connectivity index (χ1n) is 12.6. The number of aliphatic hydroxyl groups is 2. The molecule has 0 radical (unpaired) electrons. The molecule has 36 heavy (non-hydrogen) atoms. The van der Waals surface area contributed by atoms with Gasteiger partial charge in [0.15, 0.2) is 0 Å². The zero-order chi connectivity index (χ0) is 25.8. The Kier molecular flexibility index (Phi) is 8.06. The van der Waals surface area contributed by atoms with Gasteiger partial charge in [-0.15, -0.1) is 0 Å². The highest BCUT2D eigenvalue weighted by Crippen LogP contribution is 2.41. The second-order valence-corrected chi connectivity index (χ2v) is 9.52. The van der Waals surface area contributed by atoms with Gasteiger partial charge in [-0.2, -0.15) is 0 Å². The molecule has 1 aliphatic carbocycles. The number of imidazole rings is 1. The maximum atomic E-state index is 12.6. The molecule has 192 valence electrons. The van der Waals surface area contributed by atoms with Crippen LogP contribution in [0.2, 0.25) is 0 Å². The molecule has 2 unspecified atom stereocenters. The summed E-state index contributed by atoms with van der Waals surface area (Å²) in [6, 6.07) is 13.8. The van der Waals surface area contributed by atoms with E-state index in [0.717, 1.165) is 79.8 Å². The number of aryl methyl sites for hydroxylation is 1. The second-order valence-electron chi connectivity index (χ2n) is 9.52. The molecule has 3 aromatic rings. The van der Waals surface area contributed by atoms with Gasteiger partial charge in [-0.3, -0.25) is 4.90 Å². The first kappa shape index (κ1) is 25.9. The Bertz CT molecular complexity index is 1200. The number of hydrogen-bond donors (Lipinski definition) is 2. The number of aldehydes is 1. The number of methoxy groups -OCH3 is 1. The summed E-state index contributed by atoms with van der Waals surface area (Å²) in [5.41, 5.74) is 4.44. The molecule has 8 nitrogen and oxygen atoms in total. The summed E-state index contributed by atoms with van der Waals surface area (Å²) in [6.45, 7) is 2.03. The van der Waals surface area contributed by atoms with Crippen molar-refractivity contribution < 1.29 is 24.5 Å². The lowest BCUT2D eigenvalue weighted by Crippen LogP contribution is -2.42. The highest BCUT2D eigenvalue weighted by atomic mass is 16.5. The van der Waals surface area contributed by atoms with Crippen LogP contribution in [0.4, 0.5) is 10.5 Å². The van der Waals surface area contributed by atoms with Gasteiger partial charge < -0.3 is 24.3 Å². The average molecular weight is 494 g/mol. The van der Waals surface area contributed by atoms with Crippen molar-refractivity contribution in [1.82, 2.24) is 9.55 Å². The van der Waals surface area contributed by atoms with Crippen LogP contribution in [0.25, 0.3) is 11.0 Å². The van der Waals surface area contributed by atoms with Crippen molar-refractivity contribution in [1.29, 1.82) is 0 Å². The van der Waals surface area contributed by atoms with Gasteiger partial charge in [-0.25, -0.2) is 9.78 Å². The number of carbonyl (C=O) groups excluding carboxylic acids is 2. The van der Waals surface area contributed by atoms with Crippen molar-refractivity contribution >= 4 is 29.1 Å². The maximum absolute atomic E-state index is 12.6. The lowest BCUT2D eigenvalue weighted by Gasteiger charge is -2.34. The van der Waals surface area contributed by atoms with E-state index >= 15 is 0 Å². The van der Waals surface area contributed by atoms with Crippen molar-refractivity contribution in [2.24, 2.45) is 5.92 Å². The minimum absolute atomic E-state index is 0.0347. The fourth-order valence-electron chi connectivity index (χ4n) is 5.65. The second kappa shape index (κ2) is 11.2. The third kappa shape index (κ3) is 4.63. The lowest BCUT2D eigenvalue weighted by atomic mass is 9.86. The number of ether oxygens (including phenoxy) is 1. The molecule has 2 aliphatic rings. The van der Waals surface area contributed by atoms with Gasteiger partial charge in [-0.05, 0) is 63.1 Å². The summed E-state index contributed by atoms with van der Waals surface area (Å²) in [4.78, 5) is 30.6. The Hall–Kier alpha value is -3.23. The zero-order valence-corrected chi connectivity index (χ0v) is 21.1. The molecule has 2 atom stereocenters.